The number of anilines is 1. The van der Waals surface area contributed by atoms with Crippen molar-refractivity contribution in [2.24, 2.45) is 5.92 Å². The van der Waals surface area contributed by atoms with E-state index in [-0.39, 0.29) is 17.5 Å². The Hall–Kier alpha value is -1.14. The Balaban J connectivity index is 1.52. The van der Waals surface area contributed by atoms with Crippen molar-refractivity contribution in [2.45, 2.75) is 19.4 Å². The smallest absolute Gasteiger partial charge is 0.227 e. The first-order chi connectivity index (χ1) is 12.4. The van der Waals surface area contributed by atoms with E-state index in [2.05, 4.69) is 26.1 Å². The number of nitrogens with zero attached hydrogens (tertiary/aromatic N) is 1. The molecule has 1 heterocycles. The highest BCUT2D eigenvalue weighted by Gasteiger charge is 2.25. The van der Waals surface area contributed by atoms with Crippen LogP contribution in [-0.2, 0) is 11.3 Å². The lowest BCUT2D eigenvalue weighted by molar-refractivity contribution is -0.121. The molecule has 2 aromatic rings. The predicted molar refractivity (Wildman–Crippen MR) is 107 cm³/mol. The fourth-order valence-corrected chi connectivity index (χ4v) is 3.73. The van der Waals surface area contributed by atoms with E-state index in [0.29, 0.717) is 14.5 Å². The van der Waals surface area contributed by atoms with Crippen molar-refractivity contribution in [3.05, 3.63) is 62.3 Å². The summed E-state index contributed by atoms with van der Waals surface area (Å²) >= 11 is 15.2. The van der Waals surface area contributed by atoms with Gasteiger partial charge in [-0.15, -0.1) is 0 Å². The molecule has 26 heavy (non-hydrogen) atoms. The van der Waals surface area contributed by atoms with Crippen LogP contribution in [0.1, 0.15) is 18.4 Å². The number of halogens is 4. The molecule has 0 aromatic heterocycles. The Morgan fingerprint density at radius 2 is 1.88 bits per heavy atom. The summed E-state index contributed by atoms with van der Waals surface area (Å²) in [6, 6.07) is 10.2. The van der Waals surface area contributed by atoms with Crippen LogP contribution >= 0.6 is 39.1 Å². The largest absolute Gasteiger partial charge is 0.323 e. The minimum Gasteiger partial charge on any atom is -0.323 e. The fraction of sp³-hybridized carbons (Fsp3) is 0.316. The maximum atomic E-state index is 13.9. The third-order valence-corrected chi connectivity index (χ3v) is 5.77. The molecular weight excluding hydrogens is 442 g/mol. The summed E-state index contributed by atoms with van der Waals surface area (Å²) in [7, 11) is 0. The Bertz CT molecular complexity index is 810. The zero-order chi connectivity index (χ0) is 18.7. The molecule has 1 N–H and O–H groups in total. The van der Waals surface area contributed by atoms with Crippen molar-refractivity contribution in [1.82, 2.24) is 4.90 Å². The molecule has 1 aliphatic rings. The Morgan fingerprint density at radius 3 is 2.54 bits per heavy atom. The van der Waals surface area contributed by atoms with Crippen molar-refractivity contribution in [1.29, 1.82) is 0 Å². The molecule has 0 unspecified atom stereocenters. The molecule has 0 bridgehead atoms. The summed E-state index contributed by atoms with van der Waals surface area (Å²) in [4.78, 5) is 14.7. The first-order valence-electron chi connectivity index (χ1n) is 8.34. The Kier molecular flexibility index (Phi) is 6.56. The summed E-state index contributed by atoms with van der Waals surface area (Å²) in [6.07, 6.45) is 1.48. The second-order valence-corrected chi connectivity index (χ2v) is 8.14. The van der Waals surface area contributed by atoms with Crippen molar-refractivity contribution in [3.8, 4) is 0 Å². The molecule has 2 aromatic carbocycles. The van der Waals surface area contributed by atoms with Crippen molar-refractivity contribution in [2.75, 3.05) is 18.4 Å². The molecular formula is C19H18BrCl2FN2O. The third kappa shape index (κ3) is 4.97. The van der Waals surface area contributed by atoms with Gasteiger partial charge >= 0.3 is 0 Å². The van der Waals surface area contributed by atoms with Crippen LogP contribution in [0.5, 0.6) is 0 Å². The van der Waals surface area contributed by atoms with E-state index in [1.165, 1.54) is 6.07 Å². The van der Waals surface area contributed by atoms with E-state index >= 15 is 0 Å². The summed E-state index contributed by atoms with van der Waals surface area (Å²) in [5.41, 5.74) is 1.32. The van der Waals surface area contributed by atoms with Crippen LogP contribution < -0.4 is 5.32 Å². The minimum absolute atomic E-state index is 0.108. The molecule has 1 fully saturated rings. The average Bonchev–Trinajstić information content (AvgIpc) is 2.61. The van der Waals surface area contributed by atoms with Crippen LogP contribution in [0.15, 0.2) is 40.9 Å². The third-order valence-electron chi connectivity index (χ3n) is 4.54. The lowest BCUT2D eigenvalue weighted by atomic mass is 9.95. The molecule has 7 heteroatoms. The number of carbonyl (C=O) groups is 1. The van der Waals surface area contributed by atoms with Gasteiger partial charge in [0.2, 0.25) is 5.91 Å². The van der Waals surface area contributed by atoms with Gasteiger partial charge in [-0.25, -0.2) is 4.39 Å². The maximum absolute atomic E-state index is 13.9. The number of amides is 1. The normalized spacial score (nSPS) is 15.8. The summed E-state index contributed by atoms with van der Waals surface area (Å²) < 4.78 is 14.5. The van der Waals surface area contributed by atoms with Gasteiger partial charge in [0, 0.05) is 16.9 Å². The topological polar surface area (TPSA) is 32.3 Å². The van der Waals surface area contributed by atoms with Gasteiger partial charge in [0.25, 0.3) is 0 Å². The zero-order valence-corrected chi connectivity index (χ0v) is 17.0. The van der Waals surface area contributed by atoms with Crippen LogP contribution in [0.4, 0.5) is 10.1 Å². The second kappa shape index (κ2) is 8.70. The lowest BCUT2D eigenvalue weighted by Gasteiger charge is -2.31. The van der Waals surface area contributed by atoms with Crippen LogP contribution in [0.3, 0.4) is 0 Å². The number of hydrogen-bond donors (Lipinski definition) is 1. The van der Waals surface area contributed by atoms with Crippen LogP contribution in [0.2, 0.25) is 10.0 Å². The summed E-state index contributed by atoms with van der Waals surface area (Å²) in [5.74, 6) is -0.673. The maximum Gasteiger partial charge on any atom is 0.227 e. The highest BCUT2D eigenvalue weighted by molar-refractivity contribution is 9.10. The van der Waals surface area contributed by atoms with Crippen LogP contribution in [-0.4, -0.2) is 23.9 Å². The first kappa shape index (κ1) is 19.6. The number of benzene rings is 2. The number of rotatable bonds is 4. The van der Waals surface area contributed by atoms with Gasteiger partial charge in [0.15, 0.2) is 0 Å². The Morgan fingerprint density at radius 1 is 1.15 bits per heavy atom. The van der Waals surface area contributed by atoms with Gasteiger partial charge in [-0.1, -0.05) is 45.2 Å². The molecule has 0 spiro atoms. The number of piperidine rings is 1. The zero-order valence-electron chi connectivity index (χ0n) is 13.9. The first-order valence-corrected chi connectivity index (χ1v) is 9.89. The lowest BCUT2D eigenvalue weighted by Crippen LogP contribution is -2.37. The van der Waals surface area contributed by atoms with Gasteiger partial charge < -0.3 is 5.32 Å². The molecule has 0 radical (unpaired) electrons. The summed E-state index contributed by atoms with van der Waals surface area (Å²) in [5, 5.41) is 3.80. The number of likely N-dealkylation sites (tertiary alicyclic amines) is 1. The molecule has 1 aliphatic heterocycles. The quantitative estimate of drug-likeness (QED) is 0.631. The predicted octanol–water partition coefficient (Wildman–Crippen LogP) is 5.75. The van der Waals surface area contributed by atoms with Crippen LogP contribution in [0.25, 0.3) is 0 Å². The molecule has 138 valence electrons. The number of carbonyl (C=O) groups excluding carboxylic acids is 1. The highest BCUT2D eigenvalue weighted by atomic mass is 79.9. The standard InChI is InChI=1S/C19H18BrCl2FN2O/c20-14-2-4-18(17(23)10-14)24-19(26)13-5-7-25(8-6-13)11-12-1-3-15(21)16(22)9-12/h1-4,9-10,13H,5-8,11H2,(H,24,26). The van der Waals surface area contributed by atoms with E-state index in [9.17, 15) is 9.18 Å². The van der Waals surface area contributed by atoms with Gasteiger partial charge in [-0.3, -0.25) is 9.69 Å². The number of nitrogens with one attached hydrogen (secondary N) is 1. The van der Waals surface area contributed by atoms with Gasteiger partial charge in [0.05, 0.1) is 15.7 Å². The van der Waals surface area contributed by atoms with Gasteiger partial charge in [-0.2, -0.15) is 0 Å². The van der Waals surface area contributed by atoms with E-state index < -0.39 is 5.82 Å². The molecule has 0 atom stereocenters. The van der Waals surface area contributed by atoms with Crippen molar-refractivity contribution in [3.63, 3.8) is 0 Å². The molecule has 0 aliphatic carbocycles. The summed E-state index contributed by atoms with van der Waals surface area (Å²) in [6.45, 7) is 2.38. The molecule has 1 saturated heterocycles. The van der Waals surface area contributed by atoms with E-state index in [1.54, 1.807) is 18.2 Å². The second-order valence-electron chi connectivity index (χ2n) is 6.41. The average molecular weight is 460 g/mol. The molecule has 3 nitrogen and oxygen atoms in total. The van der Waals surface area contributed by atoms with Crippen LogP contribution in [0, 0.1) is 11.7 Å². The fourth-order valence-electron chi connectivity index (χ4n) is 3.08. The van der Waals surface area contributed by atoms with Gasteiger partial charge in [-0.05, 0) is 61.8 Å². The van der Waals surface area contributed by atoms with E-state index in [4.69, 9.17) is 23.2 Å². The Labute approximate surface area is 170 Å². The molecule has 1 amide bonds. The molecule has 0 saturated carbocycles. The minimum atomic E-state index is -0.440. The molecule has 3 rings (SSSR count). The SMILES string of the molecule is O=C(Nc1ccc(Br)cc1F)C1CCN(Cc2ccc(Cl)c(Cl)c2)CC1. The van der Waals surface area contributed by atoms with Gasteiger partial charge in [0.1, 0.15) is 5.82 Å². The van der Waals surface area contributed by atoms with Crippen molar-refractivity contribution < 1.29 is 9.18 Å². The van der Waals surface area contributed by atoms with E-state index in [1.807, 2.05) is 12.1 Å². The monoisotopic (exact) mass is 458 g/mol. The number of hydrogen-bond acceptors (Lipinski definition) is 2. The van der Waals surface area contributed by atoms with Crippen molar-refractivity contribution >= 4 is 50.7 Å². The highest BCUT2D eigenvalue weighted by Crippen LogP contribution is 2.26. The van der Waals surface area contributed by atoms with E-state index in [0.717, 1.165) is 38.0 Å².